The Labute approximate surface area is 155 Å². The predicted molar refractivity (Wildman–Crippen MR) is 97.2 cm³/mol. The molecule has 0 aromatic heterocycles. The van der Waals surface area contributed by atoms with Crippen molar-refractivity contribution in [2.75, 3.05) is 11.9 Å². The maximum atomic E-state index is 12.0. The standard InChI is InChI=1S/C15H11Br2Cl2NO2/c1-8-4-10(16)15(11(17)5-8)20-14(21)7-22-13-6-9(18)2-3-12(13)19/h2-6H,7H2,1H3,(H,20,21). The number of hydrogen-bond acceptors (Lipinski definition) is 2. The lowest BCUT2D eigenvalue weighted by atomic mass is 10.2. The second-order valence-electron chi connectivity index (χ2n) is 4.52. The van der Waals surface area contributed by atoms with Crippen LogP contribution in [-0.2, 0) is 4.79 Å². The molecular weight excluding hydrogens is 457 g/mol. The maximum absolute atomic E-state index is 12.0. The predicted octanol–water partition coefficient (Wildman–Crippen LogP) is 5.84. The van der Waals surface area contributed by atoms with Gasteiger partial charge in [-0.05, 0) is 68.6 Å². The molecule has 2 aromatic rings. The Morgan fingerprint density at radius 2 is 1.82 bits per heavy atom. The van der Waals surface area contributed by atoms with Crippen molar-refractivity contribution in [2.24, 2.45) is 0 Å². The van der Waals surface area contributed by atoms with Gasteiger partial charge in [-0.3, -0.25) is 4.79 Å². The first-order valence-corrected chi connectivity index (χ1v) is 8.54. The van der Waals surface area contributed by atoms with Crippen molar-refractivity contribution < 1.29 is 9.53 Å². The van der Waals surface area contributed by atoms with Crippen molar-refractivity contribution in [3.8, 4) is 5.75 Å². The Morgan fingerprint density at radius 3 is 2.45 bits per heavy atom. The first-order chi connectivity index (χ1) is 10.4. The molecule has 2 rings (SSSR count). The van der Waals surface area contributed by atoms with Crippen molar-refractivity contribution in [1.29, 1.82) is 0 Å². The molecule has 3 nitrogen and oxygen atoms in total. The number of carbonyl (C=O) groups is 1. The lowest BCUT2D eigenvalue weighted by Crippen LogP contribution is -2.20. The fraction of sp³-hybridized carbons (Fsp3) is 0.133. The van der Waals surface area contributed by atoms with Gasteiger partial charge in [0.25, 0.3) is 5.91 Å². The smallest absolute Gasteiger partial charge is 0.262 e. The van der Waals surface area contributed by atoms with Gasteiger partial charge in [0, 0.05) is 20.0 Å². The van der Waals surface area contributed by atoms with Crippen LogP contribution in [0.4, 0.5) is 5.69 Å². The Balaban J connectivity index is 2.03. The molecule has 0 radical (unpaired) electrons. The van der Waals surface area contributed by atoms with Crippen molar-refractivity contribution in [3.05, 3.63) is 54.9 Å². The molecule has 2 aromatic carbocycles. The lowest BCUT2D eigenvalue weighted by molar-refractivity contribution is -0.118. The second-order valence-corrected chi connectivity index (χ2v) is 7.07. The number of benzene rings is 2. The number of amides is 1. The molecule has 0 spiro atoms. The molecule has 0 atom stereocenters. The fourth-order valence-electron chi connectivity index (χ4n) is 1.73. The van der Waals surface area contributed by atoms with Gasteiger partial charge in [-0.2, -0.15) is 0 Å². The summed E-state index contributed by atoms with van der Waals surface area (Å²) in [5, 5.41) is 3.66. The zero-order valence-corrected chi connectivity index (χ0v) is 16.1. The number of carbonyl (C=O) groups excluding carboxylic acids is 1. The summed E-state index contributed by atoms with van der Waals surface area (Å²) in [5.41, 5.74) is 1.72. The summed E-state index contributed by atoms with van der Waals surface area (Å²) in [5.74, 6) is 0.0626. The molecule has 0 fully saturated rings. The summed E-state index contributed by atoms with van der Waals surface area (Å²) < 4.78 is 6.97. The summed E-state index contributed by atoms with van der Waals surface area (Å²) in [6.07, 6.45) is 0. The Morgan fingerprint density at radius 1 is 1.18 bits per heavy atom. The number of hydrogen-bond donors (Lipinski definition) is 1. The number of anilines is 1. The van der Waals surface area contributed by atoms with Gasteiger partial charge in [0.2, 0.25) is 0 Å². The topological polar surface area (TPSA) is 38.3 Å². The molecule has 0 aliphatic carbocycles. The van der Waals surface area contributed by atoms with Gasteiger partial charge in [-0.1, -0.05) is 23.2 Å². The second kappa shape index (κ2) is 7.68. The minimum absolute atomic E-state index is 0.174. The van der Waals surface area contributed by atoms with Crippen molar-refractivity contribution in [2.45, 2.75) is 6.92 Å². The summed E-state index contributed by atoms with van der Waals surface area (Å²) in [4.78, 5) is 12.0. The highest BCUT2D eigenvalue weighted by molar-refractivity contribution is 9.11. The normalized spacial score (nSPS) is 10.4. The highest BCUT2D eigenvalue weighted by Crippen LogP contribution is 2.32. The zero-order chi connectivity index (χ0) is 16.3. The molecule has 0 saturated carbocycles. The van der Waals surface area contributed by atoms with Crippen LogP contribution in [0.2, 0.25) is 10.0 Å². The van der Waals surface area contributed by atoms with Crippen LogP contribution in [-0.4, -0.2) is 12.5 Å². The fourth-order valence-corrected chi connectivity index (χ4v) is 3.67. The third-order valence-electron chi connectivity index (χ3n) is 2.70. The molecule has 1 amide bonds. The van der Waals surface area contributed by atoms with Crippen LogP contribution in [0.3, 0.4) is 0 Å². The van der Waals surface area contributed by atoms with Gasteiger partial charge in [0.05, 0.1) is 10.7 Å². The monoisotopic (exact) mass is 465 g/mol. The molecule has 0 heterocycles. The zero-order valence-electron chi connectivity index (χ0n) is 11.4. The van der Waals surface area contributed by atoms with Crippen molar-refractivity contribution in [1.82, 2.24) is 0 Å². The van der Waals surface area contributed by atoms with E-state index in [1.165, 1.54) is 0 Å². The van der Waals surface area contributed by atoms with Crippen LogP contribution >= 0.6 is 55.1 Å². The van der Waals surface area contributed by atoms with E-state index in [2.05, 4.69) is 37.2 Å². The van der Waals surface area contributed by atoms with Crippen molar-refractivity contribution in [3.63, 3.8) is 0 Å². The highest BCUT2D eigenvalue weighted by atomic mass is 79.9. The average Bonchev–Trinajstić information content (AvgIpc) is 2.44. The Bertz CT molecular complexity index is 700. The molecule has 0 saturated heterocycles. The largest absolute Gasteiger partial charge is 0.482 e. The first kappa shape index (κ1) is 17.6. The first-order valence-electron chi connectivity index (χ1n) is 6.20. The summed E-state index contributed by atoms with van der Waals surface area (Å²) in [7, 11) is 0. The van der Waals surface area contributed by atoms with Crippen LogP contribution in [0.1, 0.15) is 5.56 Å². The molecular formula is C15H11Br2Cl2NO2. The van der Waals surface area contributed by atoms with Gasteiger partial charge in [-0.15, -0.1) is 0 Å². The van der Waals surface area contributed by atoms with E-state index in [9.17, 15) is 4.79 Å². The van der Waals surface area contributed by atoms with E-state index in [-0.39, 0.29) is 12.5 Å². The van der Waals surface area contributed by atoms with Crippen molar-refractivity contribution >= 4 is 66.7 Å². The van der Waals surface area contributed by atoms with E-state index in [0.717, 1.165) is 14.5 Å². The molecule has 7 heteroatoms. The van der Waals surface area contributed by atoms with E-state index in [0.29, 0.717) is 21.5 Å². The van der Waals surface area contributed by atoms with Gasteiger partial charge in [0.15, 0.2) is 6.61 Å². The van der Waals surface area contributed by atoms with E-state index >= 15 is 0 Å². The molecule has 0 aliphatic heterocycles. The number of halogens is 4. The summed E-state index contributed by atoms with van der Waals surface area (Å²) in [6.45, 7) is 1.79. The number of rotatable bonds is 4. The van der Waals surface area contributed by atoms with Gasteiger partial charge >= 0.3 is 0 Å². The van der Waals surface area contributed by atoms with E-state index in [1.54, 1.807) is 18.2 Å². The highest BCUT2D eigenvalue weighted by Gasteiger charge is 2.12. The van der Waals surface area contributed by atoms with Crippen LogP contribution < -0.4 is 10.1 Å². The van der Waals surface area contributed by atoms with E-state index < -0.39 is 0 Å². The molecule has 0 unspecified atom stereocenters. The molecule has 0 bridgehead atoms. The summed E-state index contributed by atoms with van der Waals surface area (Å²) in [6, 6.07) is 8.65. The molecule has 116 valence electrons. The molecule has 22 heavy (non-hydrogen) atoms. The van der Waals surface area contributed by atoms with Crippen LogP contribution in [0.15, 0.2) is 39.3 Å². The Hall–Kier alpha value is -0.750. The maximum Gasteiger partial charge on any atom is 0.262 e. The quantitative estimate of drug-likeness (QED) is 0.613. The molecule has 0 aliphatic rings. The lowest BCUT2D eigenvalue weighted by Gasteiger charge is -2.12. The van der Waals surface area contributed by atoms with Crippen LogP contribution in [0.5, 0.6) is 5.75 Å². The minimum Gasteiger partial charge on any atom is -0.482 e. The third-order valence-corrected chi connectivity index (χ3v) is 4.50. The SMILES string of the molecule is Cc1cc(Br)c(NC(=O)COc2cc(Cl)ccc2Cl)c(Br)c1. The minimum atomic E-state index is -0.304. The summed E-state index contributed by atoms with van der Waals surface area (Å²) >= 11 is 18.7. The third kappa shape index (κ3) is 4.62. The van der Waals surface area contributed by atoms with Crippen LogP contribution in [0.25, 0.3) is 0 Å². The van der Waals surface area contributed by atoms with Gasteiger partial charge < -0.3 is 10.1 Å². The van der Waals surface area contributed by atoms with E-state index in [4.69, 9.17) is 27.9 Å². The number of nitrogens with one attached hydrogen (secondary N) is 1. The average molecular weight is 468 g/mol. The molecule has 1 N–H and O–H groups in total. The van der Waals surface area contributed by atoms with Gasteiger partial charge in [0.1, 0.15) is 5.75 Å². The number of aryl methyl sites for hydroxylation is 1. The van der Waals surface area contributed by atoms with E-state index in [1.807, 2.05) is 19.1 Å². The Kier molecular flexibility index (Phi) is 6.15. The van der Waals surface area contributed by atoms with Gasteiger partial charge in [-0.25, -0.2) is 0 Å². The number of ether oxygens (including phenoxy) is 1. The van der Waals surface area contributed by atoms with Crippen LogP contribution in [0, 0.1) is 6.92 Å².